The molecule has 0 unspecified atom stereocenters. The van der Waals surface area contributed by atoms with E-state index in [1.165, 1.54) is 18.4 Å². The molecule has 0 aliphatic carbocycles. The van der Waals surface area contributed by atoms with Gasteiger partial charge in [0.15, 0.2) is 0 Å². The maximum absolute atomic E-state index is 10.1. The van der Waals surface area contributed by atoms with E-state index in [1.54, 1.807) is 6.07 Å². The van der Waals surface area contributed by atoms with Crippen molar-refractivity contribution in [2.75, 3.05) is 19.6 Å². The Bertz CT molecular complexity index is 842. The summed E-state index contributed by atoms with van der Waals surface area (Å²) in [6, 6.07) is 17.1. The lowest BCUT2D eigenvalue weighted by Crippen LogP contribution is -2.44. The summed E-state index contributed by atoms with van der Waals surface area (Å²) in [7, 11) is 0. The Labute approximate surface area is 191 Å². The summed E-state index contributed by atoms with van der Waals surface area (Å²) in [5.74, 6) is -3.26. The second kappa shape index (κ2) is 12.4. The van der Waals surface area contributed by atoms with Gasteiger partial charge in [-0.2, -0.15) is 0 Å². The number of phenolic OH excluding ortho intramolecular Hbond substituents is 1. The quantitative estimate of drug-likeness (QED) is 0.527. The van der Waals surface area contributed by atoms with Gasteiger partial charge in [-0.25, -0.2) is 9.59 Å². The van der Waals surface area contributed by atoms with E-state index in [0.29, 0.717) is 11.8 Å². The van der Waals surface area contributed by atoms with Crippen molar-refractivity contribution in [2.45, 2.75) is 38.9 Å². The van der Waals surface area contributed by atoms with Gasteiger partial charge in [-0.1, -0.05) is 53.2 Å². The van der Waals surface area contributed by atoms with Crippen molar-refractivity contribution in [1.82, 2.24) is 9.80 Å². The van der Waals surface area contributed by atoms with Crippen molar-refractivity contribution in [2.24, 2.45) is 0 Å². The molecule has 0 spiro atoms. The van der Waals surface area contributed by atoms with Crippen LogP contribution in [0.15, 0.2) is 53.0 Å². The molecule has 3 N–H and O–H groups in total. The second-order valence-electron chi connectivity index (χ2n) is 7.44. The van der Waals surface area contributed by atoms with E-state index in [2.05, 4.69) is 63.0 Å². The van der Waals surface area contributed by atoms with Crippen molar-refractivity contribution >= 4 is 27.9 Å². The lowest BCUT2D eigenvalue weighted by Gasteiger charge is -2.38. The topological polar surface area (TPSA) is 101 Å². The number of aromatic hydroxyl groups is 1. The van der Waals surface area contributed by atoms with Gasteiger partial charge in [0.05, 0.1) is 0 Å². The first-order chi connectivity index (χ1) is 14.8. The Morgan fingerprint density at radius 2 is 1.68 bits per heavy atom. The molecule has 7 nitrogen and oxygen atoms in total. The molecule has 0 amide bonds. The maximum Gasteiger partial charge on any atom is 0.414 e. The number of carbonyl (C=O) groups is 2. The minimum Gasteiger partial charge on any atom is -0.508 e. The second-order valence-corrected chi connectivity index (χ2v) is 8.36. The number of carboxylic acid groups (broad SMARTS) is 2. The molecule has 1 fully saturated rings. The number of halogens is 1. The number of rotatable bonds is 6. The first-order valence-electron chi connectivity index (χ1n) is 10.2. The van der Waals surface area contributed by atoms with Crippen LogP contribution < -0.4 is 0 Å². The van der Waals surface area contributed by atoms with Crippen molar-refractivity contribution in [3.05, 3.63) is 64.1 Å². The molecule has 31 heavy (non-hydrogen) atoms. The van der Waals surface area contributed by atoms with E-state index in [1.807, 2.05) is 12.1 Å². The highest BCUT2D eigenvalue weighted by atomic mass is 79.9. The van der Waals surface area contributed by atoms with Crippen LogP contribution in [0.2, 0.25) is 0 Å². The zero-order chi connectivity index (χ0) is 22.8. The number of hydrogen-bond acceptors (Lipinski definition) is 5. The number of carboxylic acids is 2. The first-order valence-corrected chi connectivity index (χ1v) is 11.0. The SMILES string of the molecule is CCN(Cc1ccccc1)C1CCN(Cc2cc(Br)ccc2O)CC1.O=C(O)C(=O)O. The minimum atomic E-state index is -1.82. The Kier molecular flexibility index (Phi) is 9.97. The number of aliphatic carboxylic acids is 2. The molecular formula is C23H29BrN2O5. The van der Waals surface area contributed by atoms with Crippen molar-refractivity contribution < 1.29 is 24.9 Å². The Balaban J connectivity index is 0.000000501. The van der Waals surface area contributed by atoms with Crippen LogP contribution in [0.4, 0.5) is 0 Å². The molecule has 1 aliphatic rings. The molecule has 0 aromatic heterocycles. The average Bonchev–Trinajstić information content (AvgIpc) is 2.76. The fraction of sp³-hybridized carbons (Fsp3) is 0.391. The summed E-state index contributed by atoms with van der Waals surface area (Å²) < 4.78 is 1.02. The largest absolute Gasteiger partial charge is 0.508 e. The fourth-order valence-electron chi connectivity index (χ4n) is 3.68. The van der Waals surface area contributed by atoms with Crippen molar-refractivity contribution in [1.29, 1.82) is 0 Å². The predicted octanol–water partition coefficient (Wildman–Crippen LogP) is 3.80. The number of nitrogens with zero attached hydrogens (tertiary/aromatic N) is 2. The van der Waals surface area contributed by atoms with E-state index >= 15 is 0 Å². The molecule has 168 valence electrons. The molecule has 2 aromatic rings. The van der Waals surface area contributed by atoms with Gasteiger partial charge in [0.25, 0.3) is 0 Å². The molecule has 1 saturated heterocycles. The zero-order valence-electron chi connectivity index (χ0n) is 17.6. The molecule has 1 aliphatic heterocycles. The highest BCUT2D eigenvalue weighted by Gasteiger charge is 2.24. The Hall–Kier alpha value is -2.42. The predicted molar refractivity (Wildman–Crippen MR) is 122 cm³/mol. The fourth-order valence-corrected chi connectivity index (χ4v) is 4.09. The van der Waals surface area contributed by atoms with Gasteiger partial charge < -0.3 is 15.3 Å². The van der Waals surface area contributed by atoms with Gasteiger partial charge in [0.1, 0.15) is 5.75 Å². The molecule has 0 saturated carbocycles. The van der Waals surface area contributed by atoms with Gasteiger partial charge in [-0.15, -0.1) is 0 Å². The molecule has 0 atom stereocenters. The summed E-state index contributed by atoms with van der Waals surface area (Å²) in [4.78, 5) is 23.3. The molecule has 3 rings (SSSR count). The molecular weight excluding hydrogens is 464 g/mol. The van der Waals surface area contributed by atoms with Crippen LogP contribution in [0.25, 0.3) is 0 Å². The monoisotopic (exact) mass is 492 g/mol. The summed E-state index contributed by atoms with van der Waals surface area (Å²) in [5.41, 5.74) is 2.40. The van der Waals surface area contributed by atoms with Gasteiger partial charge in [0, 0.05) is 29.2 Å². The van der Waals surface area contributed by atoms with Crippen molar-refractivity contribution in [3.63, 3.8) is 0 Å². The van der Waals surface area contributed by atoms with Crippen LogP contribution in [-0.4, -0.2) is 62.7 Å². The zero-order valence-corrected chi connectivity index (χ0v) is 19.2. The summed E-state index contributed by atoms with van der Waals surface area (Å²) in [5, 5.41) is 24.8. The van der Waals surface area contributed by atoms with E-state index < -0.39 is 11.9 Å². The van der Waals surface area contributed by atoms with Crippen LogP contribution in [0.3, 0.4) is 0 Å². The smallest absolute Gasteiger partial charge is 0.414 e. The van der Waals surface area contributed by atoms with Gasteiger partial charge in [-0.05, 0) is 56.2 Å². The average molecular weight is 493 g/mol. The standard InChI is InChI=1S/C21H27BrN2O.C2H2O4/c1-2-24(15-17-6-4-3-5-7-17)20-10-12-23(13-11-20)16-18-14-19(22)8-9-21(18)25;3-1(4)2(5)6/h3-9,14,20,25H,2,10-13,15-16H2,1H3;(H,3,4)(H,5,6). The lowest BCUT2D eigenvalue weighted by molar-refractivity contribution is -0.159. The Morgan fingerprint density at radius 3 is 2.23 bits per heavy atom. The highest BCUT2D eigenvalue weighted by Crippen LogP contribution is 2.26. The number of piperidine rings is 1. The van der Waals surface area contributed by atoms with Crippen LogP contribution in [0.5, 0.6) is 5.75 Å². The number of benzene rings is 2. The van der Waals surface area contributed by atoms with Gasteiger partial charge >= 0.3 is 11.9 Å². The number of likely N-dealkylation sites (tertiary alicyclic amines) is 1. The molecule has 8 heteroatoms. The van der Waals surface area contributed by atoms with E-state index in [-0.39, 0.29) is 0 Å². The lowest BCUT2D eigenvalue weighted by atomic mass is 10.0. The van der Waals surface area contributed by atoms with E-state index in [9.17, 15) is 5.11 Å². The van der Waals surface area contributed by atoms with Gasteiger partial charge in [-0.3, -0.25) is 9.80 Å². The molecule has 1 heterocycles. The molecule has 0 radical (unpaired) electrons. The van der Waals surface area contributed by atoms with E-state index in [4.69, 9.17) is 19.8 Å². The minimum absolute atomic E-state index is 0.393. The van der Waals surface area contributed by atoms with E-state index in [0.717, 1.165) is 42.8 Å². The molecule has 0 bridgehead atoms. The van der Waals surface area contributed by atoms with Crippen LogP contribution in [-0.2, 0) is 22.7 Å². The number of hydrogen-bond donors (Lipinski definition) is 3. The third-order valence-corrected chi connectivity index (χ3v) is 5.82. The highest BCUT2D eigenvalue weighted by molar-refractivity contribution is 9.10. The summed E-state index contributed by atoms with van der Waals surface area (Å²) in [6.45, 7) is 7.38. The van der Waals surface area contributed by atoms with Crippen LogP contribution >= 0.6 is 15.9 Å². The van der Waals surface area contributed by atoms with Gasteiger partial charge in [0.2, 0.25) is 0 Å². The van der Waals surface area contributed by atoms with Crippen molar-refractivity contribution in [3.8, 4) is 5.75 Å². The van der Waals surface area contributed by atoms with Crippen LogP contribution in [0.1, 0.15) is 30.9 Å². The number of phenols is 1. The summed E-state index contributed by atoms with van der Waals surface area (Å²) in [6.07, 6.45) is 2.38. The summed E-state index contributed by atoms with van der Waals surface area (Å²) >= 11 is 3.49. The molecule has 2 aromatic carbocycles. The Morgan fingerprint density at radius 1 is 1.06 bits per heavy atom. The van der Waals surface area contributed by atoms with Crippen LogP contribution in [0, 0.1) is 0 Å². The third-order valence-electron chi connectivity index (χ3n) is 5.33. The first kappa shape index (κ1) is 24.8. The maximum atomic E-state index is 10.1. The third kappa shape index (κ3) is 8.32. The normalized spacial score (nSPS) is 14.7.